The van der Waals surface area contributed by atoms with E-state index in [2.05, 4.69) is 15.3 Å². The van der Waals surface area contributed by atoms with Crippen molar-refractivity contribution in [2.24, 2.45) is 0 Å². The molecule has 0 radical (unpaired) electrons. The van der Waals surface area contributed by atoms with E-state index in [1.807, 2.05) is 6.92 Å². The SMILES string of the molecule is COc1ncnc(NCCO)c1C. The summed E-state index contributed by atoms with van der Waals surface area (Å²) in [4.78, 5) is 7.94. The predicted octanol–water partition coefficient (Wildman–Crippen LogP) is 0.198. The van der Waals surface area contributed by atoms with Crippen LogP contribution in [0, 0.1) is 6.92 Å². The number of aliphatic hydroxyl groups is 1. The lowest BCUT2D eigenvalue weighted by atomic mass is 10.3. The van der Waals surface area contributed by atoms with Gasteiger partial charge in [0.1, 0.15) is 12.1 Å². The molecule has 0 unspecified atom stereocenters. The van der Waals surface area contributed by atoms with Gasteiger partial charge >= 0.3 is 0 Å². The first-order chi connectivity index (χ1) is 6.29. The number of anilines is 1. The van der Waals surface area contributed by atoms with Gasteiger partial charge in [-0.3, -0.25) is 0 Å². The number of nitrogens with zero attached hydrogens (tertiary/aromatic N) is 2. The van der Waals surface area contributed by atoms with E-state index in [0.29, 0.717) is 18.2 Å². The first-order valence-electron chi connectivity index (χ1n) is 4.00. The average Bonchev–Trinajstić information content (AvgIpc) is 2.16. The Labute approximate surface area is 76.8 Å². The summed E-state index contributed by atoms with van der Waals surface area (Å²) in [7, 11) is 1.56. The van der Waals surface area contributed by atoms with Crippen LogP contribution in [0.5, 0.6) is 5.88 Å². The molecule has 5 nitrogen and oxygen atoms in total. The first kappa shape index (κ1) is 9.73. The summed E-state index contributed by atoms with van der Waals surface area (Å²) < 4.78 is 5.01. The summed E-state index contributed by atoms with van der Waals surface area (Å²) in [6, 6.07) is 0. The molecule has 0 aromatic carbocycles. The molecular weight excluding hydrogens is 170 g/mol. The summed E-state index contributed by atoms with van der Waals surface area (Å²) in [5.74, 6) is 1.25. The third-order valence-electron chi connectivity index (χ3n) is 1.64. The van der Waals surface area contributed by atoms with E-state index in [-0.39, 0.29) is 6.61 Å². The summed E-state index contributed by atoms with van der Waals surface area (Å²) in [6.45, 7) is 2.41. The second kappa shape index (κ2) is 4.61. The van der Waals surface area contributed by atoms with Crippen molar-refractivity contribution in [1.29, 1.82) is 0 Å². The molecule has 1 aromatic heterocycles. The Morgan fingerprint density at radius 1 is 1.54 bits per heavy atom. The molecule has 1 heterocycles. The highest BCUT2D eigenvalue weighted by molar-refractivity contribution is 5.47. The Balaban J connectivity index is 2.81. The fourth-order valence-corrected chi connectivity index (χ4v) is 0.992. The van der Waals surface area contributed by atoms with Gasteiger partial charge in [-0.2, -0.15) is 0 Å². The quantitative estimate of drug-likeness (QED) is 0.697. The zero-order valence-electron chi connectivity index (χ0n) is 7.74. The summed E-state index contributed by atoms with van der Waals surface area (Å²) in [5, 5.41) is 11.6. The summed E-state index contributed by atoms with van der Waals surface area (Å²) >= 11 is 0. The number of rotatable bonds is 4. The molecule has 0 saturated heterocycles. The Morgan fingerprint density at radius 2 is 2.31 bits per heavy atom. The van der Waals surface area contributed by atoms with Crippen LogP contribution in [0.3, 0.4) is 0 Å². The van der Waals surface area contributed by atoms with Gasteiger partial charge in [0.15, 0.2) is 0 Å². The highest BCUT2D eigenvalue weighted by Gasteiger charge is 2.05. The van der Waals surface area contributed by atoms with E-state index in [1.54, 1.807) is 7.11 Å². The van der Waals surface area contributed by atoms with Crippen LogP contribution in [0.25, 0.3) is 0 Å². The minimum Gasteiger partial charge on any atom is -0.481 e. The second-order valence-corrected chi connectivity index (χ2v) is 2.51. The smallest absolute Gasteiger partial charge is 0.221 e. The van der Waals surface area contributed by atoms with Gasteiger partial charge in [0.05, 0.1) is 19.3 Å². The number of nitrogens with one attached hydrogen (secondary N) is 1. The Bertz CT molecular complexity index is 278. The van der Waals surface area contributed by atoms with Crippen molar-refractivity contribution in [2.75, 3.05) is 25.6 Å². The maximum absolute atomic E-state index is 8.61. The third kappa shape index (κ3) is 2.29. The molecule has 5 heteroatoms. The molecule has 0 saturated carbocycles. The van der Waals surface area contributed by atoms with Gasteiger partial charge in [-0.1, -0.05) is 0 Å². The molecule has 0 aliphatic rings. The molecule has 0 fully saturated rings. The summed E-state index contributed by atoms with van der Waals surface area (Å²) in [5.41, 5.74) is 0.846. The molecule has 1 rings (SSSR count). The highest BCUT2D eigenvalue weighted by atomic mass is 16.5. The third-order valence-corrected chi connectivity index (χ3v) is 1.64. The number of hydrogen-bond acceptors (Lipinski definition) is 5. The van der Waals surface area contributed by atoms with Gasteiger partial charge < -0.3 is 15.2 Å². The fraction of sp³-hybridized carbons (Fsp3) is 0.500. The number of methoxy groups -OCH3 is 1. The van der Waals surface area contributed by atoms with Crippen LogP contribution in [-0.4, -0.2) is 35.3 Å². The van der Waals surface area contributed by atoms with Gasteiger partial charge in [-0.15, -0.1) is 0 Å². The van der Waals surface area contributed by atoms with Crippen molar-refractivity contribution in [3.63, 3.8) is 0 Å². The second-order valence-electron chi connectivity index (χ2n) is 2.51. The Morgan fingerprint density at radius 3 is 2.92 bits per heavy atom. The highest BCUT2D eigenvalue weighted by Crippen LogP contribution is 2.18. The van der Waals surface area contributed by atoms with Crippen molar-refractivity contribution in [1.82, 2.24) is 9.97 Å². The lowest BCUT2D eigenvalue weighted by Crippen LogP contribution is -2.09. The van der Waals surface area contributed by atoms with E-state index in [4.69, 9.17) is 9.84 Å². The summed E-state index contributed by atoms with van der Waals surface area (Å²) in [6.07, 6.45) is 1.42. The first-order valence-corrected chi connectivity index (χ1v) is 4.00. The monoisotopic (exact) mass is 183 g/mol. The molecule has 0 bridgehead atoms. The number of aromatic nitrogens is 2. The van der Waals surface area contributed by atoms with Crippen molar-refractivity contribution >= 4 is 5.82 Å². The maximum Gasteiger partial charge on any atom is 0.221 e. The van der Waals surface area contributed by atoms with Crippen molar-refractivity contribution in [3.05, 3.63) is 11.9 Å². The average molecular weight is 183 g/mol. The predicted molar refractivity (Wildman–Crippen MR) is 48.9 cm³/mol. The molecule has 1 aromatic rings. The molecule has 0 amide bonds. The molecule has 2 N–H and O–H groups in total. The van der Waals surface area contributed by atoms with Crippen LogP contribution in [0.15, 0.2) is 6.33 Å². The van der Waals surface area contributed by atoms with Crippen LogP contribution in [0.4, 0.5) is 5.82 Å². The van der Waals surface area contributed by atoms with E-state index in [1.165, 1.54) is 6.33 Å². The van der Waals surface area contributed by atoms with Gasteiger partial charge in [-0.05, 0) is 6.92 Å². The lowest BCUT2D eigenvalue weighted by molar-refractivity contribution is 0.311. The lowest BCUT2D eigenvalue weighted by Gasteiger charge is -2.08. The zero-order valence-corrected chi connectivity index (χ0v) is 7.74. The largest absolute Gasteiger partial charge is 0.481 e. The van der Waals surface area contributed by atoms with Crippen LogP contribution in [-0.2, 0) is 0 Å². The van der Waals surface area contributed by atoms with E-state index >= 15 is 0 Å². The molecule has 13 heavy (non-hydrogen) atoms. The minimum atomic E-state index is 0.0752. The van der Waals surface area contributed by atoms with Crippen molar-refractivity contribution in [3.8, 4) is 5.88 Å². The van der Waals surface area contributed by atoms with Crippen LogP contribution in [0.1, 0.15) is 5.56 Å². The maximum atomic E-state index is 8.61. The minimum absolute atomic E-state index is 0.0752. The van der Waals surface area contributed by atoms with Gasteiger partial charge in [-0.25, -0.2) is 9.97 Å². The number of aliphatic hydroxyl groups excluding tert-OH is 1. The van der Waals surface area contributed by atoms with Crippen LogP contribution in [0.2, 0.25) is 0 Å². The number of hydrogen-bond donors (Lipinski definition) is 2. The molecule has 0 spiro atoms. The zero-order chi connectivity index (χ0) is 9.68. The van der Waals surface area contributed by atoms with E-state index < -0.39 is 0 Å². The normalized spacial score (nSPS) is 9.77. The number of ether oxygens (including phenoxy) is 1. The van der Waals surface area contributed by atoms with Crippen molar-refractivity contribution < 1.29 is 9.84 Å². The van der Waals surface area contributed by atoms with E-state index in [9.17, 15) is 0 Å². The molecule has 0 aliphatic carbocycles. The van der Waals surface area contributed by atoms with Gasteiger partial charge in [0, 0.05) is 6.54 Å². The Hall–Kier alpha value is -1.36. The fourth-order valence-electron chi connectivity index (χ4n) is 0.992. The topological polar surface area (TPSA) is 67.3 Å². The molecule has 0 atom stereocenters. The molecular formula is C8H13N3O2. The van der Waals surface area contributed by atoms with Gasteiger partial charge in [0.25, 0.3) is 0 Å². The van der Waals surface area contributed by atoms with Crippen LogP contribution >= 0.6 is 0 Å². The van der Waals surface area contributed by atoms with Crippen LogP contribution < -0.4 is 10.1 Å². The van der Waals surface area contributed by atoms with E-state index in [0.717, 1.165) is 5.56 Å². The molecule has 72 valence electrons. The Kier molecular flexibility index (Phi) is 3.45. The van der Waals surface area contributed by atoms with Gasteiger partial charge in [0.2, 0.25) is 5.88 Å². The van der Waals surface area contributed by atoms with Crippen molar-refractivity contribution in [2.45, 2.75) is 6.92 Å². The standard InChI is InChI=1S/C8H13N3O2/c1-6-7(9-3-4-12)10-5-11-8(6)13-2/h5,12H,3-4H2,1-2H3,(H,9,10,11). The molecule has 0 aliphatic heterocycles.